The summed E-state index contributed by atoms with van der Waals surface area (Å²) < 4.78 is 5.35. The Balaban J connectivity index is 2.08. The standard InChI is InChI=1S/C18H22N4O2S/c1-9(19-5)8-20-17(23)14-7-15(13-6-10(2)25-12(13)4)21-18-16(14)11(3)22-24-18/h6-7,9,19H,8H2,1-5H3,(H,20,23). The predicted molar refractivity (Wildman–Crippen MR) is 100 cm³/mol. The molecule has 0 radical (unpaired) electrons. The smallest absolute Gasteiger partial charge is 0.259 e. The van der Waals surface area contributed by atoms with E-state index in [0.29, 0.717) is 28.9 Å². The molecule has 1 atom stereocenters. The van der Waals surface area contributed by atoms with Crippen LogP contribution in [0.3, 0.4) is 0 Å². The van der Waals surface area contributed by atoms with Gasteiger partial charge in [-0.3, -0.25) is 4.79 Å². The van der Waals surface area contributed by atoms with Crippen LogP contribution in [-0.4, -0.2) is 35.7 Å². The summed E-state index contributed by atoms with van der Waals surface area (Å²) in [6.07, 6.45) is 0. The first kappa shape index (κ1) is 17.6. The third-order valence-corrected chi connectivity index (χ3v) is 5.21. The molecule has 0 fully saturated rings. The second-order valence-corrected chi connectivity index (χ2v) is 7.69. The molecule has 1 amide bonds. The van der Waals surface area contributed by atoms with Crippen LogP contribution in [-0.2, 0) is 0 Å². The number of likely N-dealkylation sites (N-methyl/N-ethyl adjacent to an activating group) is 1. The van der Waals surface area contributed by atoms with E-state index in [4.69, 9.17) is 4.52 Å². The largest absolute Gasteiger partial charge is 0.350 e. The van der Waals surface area contributed by atoms with Crippen molar-refractivity contribution in [1.82, 2.24) is 20.8 Å². The van der Waals surface area contributed by atoms with E-state index in [-0.39, 0.29) is 11.9 Å². The third kappa shape index (κ3) is 3.43. The number of pyridine rings is 1. The molecule has 25 heavy (non-hydrogen) atoms. The van der Waals surface area contributed by atoms with Crippen LogP contribution in [0.5, 0.6) is 0 Å². The van der Waals surface area contributed by atoms with Gasteiger partial charge in [0.05, 0.1) is 22.3 Å². The first-order chi connectivity index (χ1) is 11.9. The Morgan fingerprint density at radius 1 is 1.32 bits per heavy atom. The minimum Gasteiger partial charge on any atom is -0.350 e. The molecule has 3 rings (SSSR count). The number of aryl methyl sites for hydroxylation is 3. The fraction of sp³-hybridized carbons (Fsp3) is 0.389. The molecule has 0 saturated carbocycles. The molecule has 3 heterocycles. The Hall–Kier alpha value is -2.25. The topological polar surface area (TPSA) is 80.0 Å². The normalized spacial score (nSPS) is 12.5. The zero-order valence-electron chi connectivity index (χ0n) is 15.1. The van der Waals surface area contributed by atoms with Crippen LogP contribution in [0, 0.1) is 20.8 Å². The Morgan fingerprint density at radius 3 is 2.72 bits per heavy atom. The van der Waals surface area contributed by atoms with Gasteiger partial charge in [0.25, 0.3) is 11.6 Å². The molecule has 3 aromatic heterocycles. The van der Waals surface area contributed by atoms with Gasteiger partial charge >= 0.3 is 0 Å². The van der Waals surface area contributed by atoms with Crippen LogP contribution >= 0.6 is 11.3 Å². The monoisotopic (exact) mass is 358 g/mol. The van der Waals surface area contributed by atoms with E-state index >= 15 is 0 Å². The lowest BCUT2D eigenvalue weighted by Crippen LogP contribution is -2.37. The van der Waals surface area contributed by atoms with Gasteiger partial charge < -0.3 is 15.2 Å². The number of aromatic nitrogens is 2. The zero-order valence-corrected chi connectivity index (χ0v) is 15.9. The Kier molecular flexibility index (Phi) is 4.87. The highest BCUT2D eigenvalue weighted by molar-refractivity contribution is 7.12. The summed E-state index contributed by atoms with van der Waals surface area (Å²) in [7, 11) is 1.87. The third-order valence-electron chi connectivity index (χ3n) is 4.24. The van der Waals surface area contributed by atoms with Crippen molar-refractivity contribution in [2.75, 3.05) is 13.6 Å². The maximum absolute atomic E-state index is 12.8. The molecule has 0 aliphatic carbocycles. The molecule has 0 aliphatic heterocycles. The number of amides is 1. The minimum atomic E-state index is -0.147. The lowest BCUT2D eigenvalue weighted by Gasteiger charge is -2.12. The van der Waals surface area contributed by atoms with E-state index in [1.165, 1.54) is 4.88 Å². The number of hydrogen-bond acceptors (Lipinski definition) is 6. The van der Waals surface area contributed by atoms with E-state index in [2.05, 4.69) is 40.7 Å². The van der Waals surface area contributed by atoms with Crippen molar-refractivity contribution in [1.29, 1.82) is 0 Å². The summed E-state index contributed by atoms with van der Waals surface area (Å²) in [6, 6.07) is 4.11. The Bertz CT molecular complexity index is 929. The summed E-state index contributed by atoms with van der Waals surface area (Å²) in [5.74, 6) is -0.147. The van der Waals surface area contributed by atoms with E-state index in [0.717, 1.165) is 16.1 Å². The van der Waals surface area contributed by atoms with Crippen LogP contribution in [0.15, 0.2) is 16.7 Å². The van der Waals surface area contributed by atoms with Gasteiger partial charge in [0, 0.05) is 27.9 Å². The van der Waals surface area contributed by atoms with E-state index in [9.17, 15) is 4.79 Å². The van der Waals surface area contributed by atoms with E-state index < -0.39 is 0 Å². The molecular weight excluding hydrogens is 336 g/mol. The van der Waals surface area contributed by atoms with Gasteiger partial charge in [-0.25, -0.2) is 4.98 Å². The van der Waals surface area contributed by atoms with Gasteiger partial charge in [0.1, 0.15) is 0 Å². The number of nitrogens with one attached hydrogen (secondary N) is 2. The maximum atomic E-state index is 12.8. The highest BCUT2D eigenvalue weighted by Crippen LogP contribution is 2.32. The second kappa shape index (κ2) is 6.93. The molecule has 6 nitrogen and oxygen atoms in total. The average molecular weight is 358 g/mol. The first-order valence-corrected chi connectivity index (χ1v) is 9.02. The molecule has 7 heteroatoms. The molecule has 0 aliphatic rings. The fourth-order valence-electron chi connectivity index (χ4n) is 2.74. The van der Waals surface area contributed by atoms with Crippen molar-refractivity contribution in [3.05, 3.63) is 33.1 Å². The molecule has 0 saturated heterocycles. The molecule has 1 unspecified atom stereocenters. The molecule has 0 spiro atoms. The number of nitrogens with zero attached hydrogens (tertiary/aromatic N) is 2. The average Bonchev–Trinajstić information content (AvgIpc) is 3.13. The lowest BCUT2D eigenvalue weighted by atomic mass is 10.1. The summed E-state index contributed by atoms with van der Waals surface area (Å²) in [4.78, 5) is 19.7. The number of fused-ring (bicyclic) bond motifs is 1. The zero-order chi connectivity index (χ0) is 18.1. The minimum absolute atomic E-state index is 0.147. The van der Waals surface area contributed by atoms with E-state index in [1.54, 1.807) is 11.3 Å². The predicted octanol–water partition coefficient (Wildman–Crippen LogP) is 3.21. The maximum Gasteiger partial charge on any atom is 0.259 e. The van der Waals surface area contributed by atoms with Crippen molar-refractivity contribution in [3.8, 4) is 11.3 Å². The molecule has 3 aromatic rings. The van der Waals surface area contributed by atoms with Gasteiger partial charge in [0.2, 0.25) is 0 Å². The number of carbonyl (C=O) groups is 1. The van der Waals surface area contributed by atoms with Crippen LogP contribution in [0.2, 0.25) is 0 Å². The van der Waals surface area contributed by atoms with Crippen molar-refractivity contribution in [2.45, 2.75) is 33.7 Å². The fourth-order valence-corrected chi connectivity index (χ4v) is 3.67. The van der Waals surface area contributed by atoms with Gasteiger partial charge in [-0.15, -0.1) is 11.3 Å². The van der Waals surface area contributed by atoms with Gasteiger partial charge in [-0.2, -0.15) is 0 Å². The molecule has 2 N–H and O–H groups in total. The molecule has 0 bridgehead atoms. The van der Waals surface area contributed by atoms with Gasteiger partial charge in [-0.05, 0) is 46.9 Å². The molecule has 132 valence electrons. The van der Waals surface area contributed by atoms with E-state index in [1.807, 2.05) is 27.0 Å². The van der Waals surface area contributed by atoms with Crippen LogP contribution in [0.4, 0.5) is 0 Å². The first-order valence-electron chi connectivity index (χ1n) is 8.20. The summed E-state index contributed by atoms with van der Waals surface area (Å²) >= 11 is 1.71. The SMILES string of the molecule is CNC(C)CNC(=O)c1cc(-c2cc(C)sc2C)nc2onc(C)c12. The van der Waals surface area contributed by atoms with Gasteiger partial charge in [-0.1, -0.05) is 5.16 Å². The highest BCUT2D eigenvalue weighted by Gasteiger charge is 2.20. The highest BCUT2D eigenvalue weighted by atomic mass is 32.1. The number of rotatable bonds is 5. The van der Waals surface area contributed by atoms with Crippen LogP contribution in [0.25, 0.3) is 22.4 Å². The molecule has 0 aromatic carbocycles. The number of carbonyl (C=O) groups excluding carboxylic acids is 1. The number of thiophene rings is 1. The Labute approximate surface area is 150 Å². The van der Waals surface area contributed by atoms with Crippen molar-refractivity contribution >= 4 is 28.3 Å². The van der Waals surface area contributed by atoms with Crippen molar-refractivity contribution in [2.24, 2.45) is 0 Å². The van der Waals surface area contributed by atoms with Crippen LogP contribution in [0.1, 0.15) is 32.7 Å². The second-order valence-electron chi connectivity index (χ2n) is 6.23. The quantitative estimate of drug-likeness (QED) is 0.732. The Morgan fingerprint density at radius 2 is 2.08 bits per heavy atom. The summed E-state index contributed by atoms with van der Waals surface area (Å²) in [5, 5.41) is 10.7. The molecular formula is C18H22N4O2S. The van der Waals surface area contributed by atoms with Crippen molar-refractivity contribution in [3.63, 3.8) is 0 Å². The van der Waals surface area contributed by atoms with Gasteiger partial charge in [0.15, 0.2) is 0 Å². The summed E-state index contributed by atoms with van der Waals surface area (Å²) in [6.45, 7) is 8.48. The van der Waals surface area contributed by atoms with Crippen LogP contribution < -0.4 is 10.6 Å². The van der Waals surface area contributed by atoms with Crippen molar-refractivity contribution < 1.29 is 9.32 Å². The number of hydrogen-bond donors (Lipinski definition) is 2. The lowest BCUT2D eigenvalue weighted by molar-refractivity contribution is 0.0952. The summed E-state index contributed by atoms with van der Waals surface area (Å²) in [5.41, 5.74) is 3.36.